The van der Waals surface area contributed by atoms with E-state index in [1.807, 2.05) is 91.0 Å². The van der Waals surface area contributed by atoms with Crippen LogP contribution in [0.5, 0.6) is 0 Å². The standard InChI is InChI=1S/C46H29N5/c47-30-31-19-21-32(22-20-31)36-23-25-42-40(28-36)41-29-37(24-26-43(41)51(42)39-17-8-3-9-18-39)35-15-10-16-38(27-35)46-49-44(33-11-4-1-5-12-33)48-45(50-46)34-13-6-2-7-14-34/h1-29H. The summed E-state index contributed by atoms with van der Waals surface area (Å²) in [6.45, 7) is 0. The van der Waals surface area contributed by atoms with Crippen LogP contribution in [0, 0.1) is 11.3 Å². The summed E-state index contributed by atoms with van der Waals surface area (Å²) >= 11 is 0. The molecule has 7 aromatic carbocycles. The number of nitrogens with zero attached hydrogens (tertiary/aromatic N) is 5. The van der Waals surface area contributed by atoms with Crippen LogP contribution < -0.4 is 0 Å². The summed E-state index contributed by atoms with van der Waals surface area (Å²) in [4.78, 5) is 14.8. The molecule has 0 saturated carbocycles. The Morgan fingerprint density at radius 2 is 0.804 bits per heavy atom. The predicted molar refractivity (Wildman–Crippen MR) is 206 cm³/mol. The summed E-state index contributed by atoms with van der Waals surface area (Å²) in [5.41, 5.74) is 11.2. The van der Waals surface area contributed by atoms with E-state index in [9.17, 15) is 5.26 Å². The Kier molecular flexibility index (Phi) is 7.46. The Balaban J connectivity index is 1.19. The SMILES string of the molecule is N#Cc1ccc(-c2ccc3c(c2)c2cc(-c4cccc(-c5nc(-c6ccccc6)nc(-c6ccccc6)n5)c4)ccc2n3-c2ccccc2)cc1. The average molecular weight is 652 g/mol. The van der Waals surface area contributed by atoms with Crippen molar-refractivity contribution in [2.75, 3.05) is 0 Å². The van der Waals surface area contributed by atoms with Gasteiger partial charge < -0.3 is 4.57 Å². The first-order valence-electron chi connectivity index (χ1n) is 16.8. The van der Waals surface area contributed by atoms with Gasteiger partial charge in [0.1, 0.15) is 0 Å². The zero-order chi connectivity index (χ0) is 34.1. The number of hydrogen-bond donors (Lipinski definition) is 0. The zero-order valence-corrected chi connectivity index (χ0v) is 27.5. The van der Waals surface area contributed by atoms with Crippen LogP contribution in [0.2, 0.25) is 0 Å². The average Bonchev–Trinajstić information content (AvgIpc) is 3.55. The third-order valence-corrected chi connectivity index (χ3v) is 9.28. The molecule has 9 rings (SSSR count). The Bertz CT molecular complexity index is 2670. The van der Waals surface area contributed by atoms with Crippen LogP contribution in [0.4, 0.5) is 0 Å². The van der Waals surface area contributed by atoms with Gasteiger partial charge in [0.25, 0.3) is 0 Å². The molecule has 9 aromatic rings. The van der Waals surface area contributed by atoms with Crippen molar-refractivity contribution in [1.82, 2.24) is 19.5 Å². The van der Waals surface area contributed by atoms with Crippen molar-refractivity contribution in [3.63, 3.8) is 0 Å². The molecule has 0 saturated heterocycles. The summed E-state index contributed by atoms with van der Waals surface area (Å²) in [6, 6.07) is 62.3. The molecule has 5 heteroatoms. The molecule has 0 fully saturated rings. The fourth-order valence-corrected chi connectivity index (χ4v) is 6.75. The number of rotatable bonds is 6. The molecule has 5 nitrogen and oxygen atoms in total. The molecule has 0 atom stereocenters. The first-order valence-corrected chi connectivity index (χ1v) is 16.8. The third-order valence-electron chi connectivity index (χ3n) is 9.28. The minimum absolute atomic E-state index is 0.623. The minimum Gasteiger partial charge on any atom is -0.309 e. The molecule has 0 aliphatic carbocycles. The number of nitriles is 1. The largest absolute Gasteiger partial charge is 0.309 e. The highest BCUT2D eigenvalue weighted by atomic mass is 15.0. The van der Waals surface area contributed by atoms with Gasteiger partial charge >= 0.3 is 0 Å². The topological polar surface area (TPSA) is 67.4 Å². The van der Waals surface area contributed by atoms with Crippen molar-refractivity contribution in [2.24, 2.45) is 0 Å². The van der Waals surface area contributed by atoms with Crippen molar-refractivity contribution in [3.05, 3.63) is 181 Å². The molecule has 0 spiro atoms. The smallest absolute Gasteiger partial charge is 0.164 e. The lowest BCUT2D eigenvalue weighted by Crippen LogP contribution is -2.00. The lowest BCUT2D eigenvalue weighted by atomic mass is 9.99. The van der Waals surface area contributed by atoms with Gasteiger partial charge in [-0.05, 0) is 76.9 Å². The maximum atomic E-state index is 9.33. The van der Waals surface area contributed by atoms with E-state index in [4.69, 9.17) is 15.0 Å². The maximum absolute atomic E-state index is 9.33. The Morgan fingerprint density at radius 1 is 0.373 bits per heavy atom. The van der Waals surface area contributed by atoms with Crippen LogP contribution in [0.3, 0.4) is 0 Å². The molecular weight excluding hydrogens is 623 g/mol. The molecule has 2 aromatic heterocycles. The van der Waals surface area contributed by atoms with Gasteiger partial charge in [-0.2, -0.15) is 5.26 Å². The number of aromatic nitrogens is 4. The third kappa shape index (κ3) is 5.61. The molecule has 0 amide bonds. The number of hydrogen-bond acceptors (Lipinski definition) is 4. The van der Waals surface area contributed by atoms with Gasteiger partial charge in [-0.25, -0.2) is 15.0 Å². The quantitative estimate of drug-likeness (QED) is 0.179. The van der Waals surface area contributed by atoms with E-state index in [1.165, 1.54) is 0 Å². The van der Waals surface area contributed by atoms with E-state index in [0.717, 1.165) is 66.4 Å². The lowest BCUT2D eigenvalue weighted by molar-refractivity contribution is 1.07. The highest BCUT2D eigenvalue weighted by molar-refractivity contribution is 6.11. The van der Waals surface area contributed by atoms with E-state index in [0.29, 0.717) is 23.0 Å². The first-order chi connectivity index (χ1) is 25.2. The maximum Gasteiger partial charge on any atom is 0.164 e. The molecule has 2 heterocycles. The fraction of sp³-hybridized carbons (Fsp3) is 0. The Morgan fingerprint density at radius 3 is 1.35 bits per heavy atom. The van der Waals surface area contributed by atoms with Crippen LogP contribution in [0.25, 0.3) is 83.9 Å². The van der Waals surface area contributed by atoms with E-state index in [-0.39, 0.29) is 0 Å². The second-order valence-corrected chi connectivity index (χ2v) is 12.4. The van der Waals surface area contributed by atoms with Gasteiger partial charge in [-0.1, -0.05) is 121 Å². The van der Waals surface area contributed by atoms with E-state index >= 15 is 0 Å². The molecule has 0 unspecified atom stereocenters. The summed E-state index contributed by atoms with van der Waals surface area (Å²) < 4.78 is 2.33. The van der Waals surface area contributed by atoms with Gasteiger partial charge in [-0.15, -0.1) is 0 Å². The van der Waals surface area contributed by atoms with Gasteiger partial charge in [0, 0.05) is 33.2 Å². The van der Waals surface area contributed by atoms with E-state index < -0.39 is 0 Å². The normalized spacial score (nSPS) is 11.1. The highest BCUT2D eigenvalue weighted by Crippen LogP contribution is 2.38. The lowest BCUT2D eigenvalue weighted by Gasteiger charge is -2.10. The molecule has 0 aliphatic rings. The minimum atomic E-state index is 0.623. The van der Waals surface area contributed by atoms with Gasteiger partial charge in [0.05, 0.1) is 22.7 Å². The number of fused-ring (bicyclic) bond motifs is 3. The summed E-state index contributed by atoms with van der Waals surface area (Å²) in [5, 5.41) is 11.6. The second kappa shape index (κ2) is 12.7. The zero-order valence-electron chi connectivity index (χ0n) is 27.5. The molecule has 51 heavy (non-hydrogen) atoms. The molecule has 0 N–H and O–H groups in total. The predicted octanol–water partition coefficient (Wildman–Crippen LogP) is 11.2. The Labute approximate surface area is 295 Å². The van der Waals surface area contributed by atoms with Crippen LogP contribution in [0.1, 0.15) is 5.56 Å². The summed E-state index contributed by atoms with van der Waals surface area (Å²) in [5.74, 6) is 1.90. The van der Waals surface area contributed by atoms with Crippen molar-refractivity contribution < 1.29 is 0 Å². The molecule has 0 radical (unpaired) electrons. The molecular formula is C46H29N5. The van der Waals surface area contributed by atoms with Gasteiger partial charge in [0.15, 0.2) is 17.5 Å². The Hall–Kier alpha value is -7.16. The van der Waals surface area contributed by atoms with Crippen LogP contribution in [0.15, 0.2) is 176 Å². The van der Waals surface area contributed by atoms with Crippen LogP contribution in [-0.4, -0.2) is 19.5 Å². The van der Waals surface area contributed by atoms with E-state index in [2.05, 4.69) is 95.6 Å². The van der Waals surface area contributed by atoms with Crippen molar-refractivity contribution in [1.29, 1.82) is 5.26 Å². The van der Waals surface area contributed by atoms with Crippen molar-refractivity contribution in [3.8, 4) is 68.2 Å². The van der Waals surface area contributed by atoms with Crippen LogP contribution >= 0.6 is 0 Å². The van der Waals surface area contributed by atoms with Gasteiger partial charge in [-0.3, -0.25) is 0 Å². The number of benzene rings is 7. The van der Waals surface area contributed by atoms with Crippen molar-refractivity contribution in [2.45, 2.75) is 0 Å². The van der Waals surface area contributed by atoms with Crippen LogP contribution in [-0.2, 0) is 0 Å². The van der Waals surface area contributed by atoms with Gasteiger partial charge in [0.2, 0.25) is 0 Å². The molecule has 0 bridgehead atoms. The number of para-hydroxylation sites is 1. The van der Waals surface area contributed by atoms with Crippen molar-refractivity contribution >= 4 is 21.8 Å². The second-order valence-electron chi connectivity index (χ2n) is 12.4. The molecule has 238 valence electrons. The fourth-order valence-electron chi connectivity index (χ4n) is 6.75. The first kappa shape index (κ1) is 29.9. The monoisotopic (exact) mass is 651 g/mol. The highest BCUT2D eigenvalue weighted by Gasteiger charge is 2.16. The van der Waals surface area contributed by atoms with E-state index in [1.54, 1.807) is 0 Å². The molecule has 0 aliphatic heterocycles. The summed E-state index contributed by atoms with van der Waals surface area (Å²) in [7, 11) is 0. The summed E-state index contributed by atoms with van der Waals surface area (Å²) in [6.07, 6.45) is 0.